The molecule has 1 aromatic rings. The molecule has 0 radical (unpaired) electrons. The van der Waals surface area contributed by atoms with Crippen molar-refractivity contribution >= 4 is 23.5 Å². The van der Waals surface area contributed by atoms with Gasteiger partial charge in [-0.15, -0.1) is 0 Å². The first-order valence-electron chi connectivity index (χ1n) is 5.51. The number of aromatic nitrogens is 2. The average molecular weight is 265 g/mol. The maximum Gasteiger partial charge on any atom is 0.230 e. The number of hydrogen-bond donors (Lipinski definition) is 2. The highest BCUT2D eigenvalue weighted by atomic mass is 32.2. The highest BCUT2D eigenvalue weighted by Gasteiger charge is 2.09. The van der Waals surface area contributed by atoms with E-state index in [1.807, 2.05) is 19.9 Å². The van der Waals surface area contributed by atoms with Crippen LogP contribution < -0.4 is 11.1 Å². The molecule has 0 aliphatic rings. The minimum atomic E-state index is -0.0686. The van der Waals surface area contributed by atoms with Crippen LogP contribution in [0.2, 0.25) is 0 Å². The molecule has 0 unspecified atom stereocenters. The lowest BCUT2D eigenvalue weighted by Crippen LogP contribution is -2.33. The average Bonchev–Trinajstić information content (AvgIpc) is 2.36. The standard InChI is InChI=1S/C11H15N5OS/c1-3-7(2)15-9(17)6-18-11-14-5-8(4-12)10(13)16-11/h5,7H,3,6H2,1-2H3,(H,15,17)(H2,13,14,16)/t7-/m1/s1. The quantitative estimate of drug-likeness (QED) is 0.606. The minimum Gasteiger partial charge on any atom is -0.382 e. The van der Waals surface area contributed by atoms with E-state index in [9.17, 15) is 4.79 Å². The fourth-order valence-electron chi connectivity index (χ4n) is 1.08. The van der Waals surface area contributed by atoms with Gasteiger partial charge >= 0.3 is 0 Å². The van der Waals surface area contributed by atoms with Crippen molar-refractivity contribution in [2.24, 2.45) is 0 Å². The predicted octanol–water partition coefficient (Wildman–Crippen LogP) is 0.937. The van der Waals surface area contributed by atoms with Crippen LogP contribution in [0.25, 0.3) is 0 Å². The fraction of sp³-hybridized carbons (Fsp3) is 0.455. The lowest BCUT2D eigenvalue weighted by molar-refractivity contribution is -0.119. The molecule has 0 aliphatic carbocycles. The summed E-state index contributed by atoms with van der Waals surface area (Å²) in [5.41, 5.74) is 5.79. The Balaban J connectivity index is 2.52. The number of nitrogens with two attached hydrogens (primary N) is 1. The molecular formula is C11H15N5OS. The number of anilines is 1. The summed E-state index contributed by atoms with van der Waals surface area (Å²) in [6.07, 6.45) is 2.24. The summed E-state index contributed by atoms with van der Waals surface area (Å²) in [7, 11) is 0. The van der Waals surface area contributed by atoms with E-state index in [4.69, 9.17) is 11.0 Å². The molecule has 1 rings (SSSR count). The molecule has 0 fully saturated rings. The summed E-state index contributed by atoms with van der Waals surface area (Å²) in [5, 5.41) is 11.9. The van der Waals surface area contributed by atoms with Crippen LogP contribution in [0.5, 0.6) is 0 Å². The zero-order chi connectivity index (χ0) is 13.5. The molecule has 0 aromatic carbocycles. The summed E-state index contributed by atoms with van der Waals surface area (Å²) in [6.45, 7) is 3.95. The van der Waals surface area contributed by atoms with Crippen LogP contribution in [-0.2, 0) is 4.79 Å². The molecule has 96 valence electrons. The van der Waals surface area contributed by atoms with Gasteiger partial charge in [-0.25, -0.2) is 9.97 Å². The van der Waals surface area contributed by atoms with E-state index >= 15 is 0 Å². The van der Waals surface area contributed by atoms with E-state index in [1.165, 1.54) is 18.0 Å². The smallest absolute Gasteiger partial charge is 0.230 e. The third-order valence-corrected chi connectivity index (χ3v) is 3.13. The topological polar surface area (TPSA) is 105 Å². The van der Waals surface area contributed by atoms with E-state index in [2.05, 4.69) is 15.3 Å². The van der Waals surface area contributed by atoms with E-state index in [0.717, 1.165) is 6.42 Å². The Morgan fingerprint density at radius 3 is 3.00 bits per heavy atom. The molecule has 0 saturated carbocycles. The largest absolute Gasteiger partial charge is 0.382 e. The molecular weight excluding hydrogens is 250 g/mol. The number of hydrogen-bond acceptors (Lipinski definition) is 6. The molecule has 1 atom stereocenters. The van der Waals surface area contributed by atoms with Crippen LogP contribution in [0, 0.1) is 11.3 Å². The van der Waals surface area contributed by atoms with Gasteiger partial charge in [-0.05, 0) is 13.3 Å². The van der Waals surface area contributed by atoms with Crippen LogP contribution in [0.3, 0.4) is 0 Å². The Morgan fingerprint density at radius 1 is 1.72 bits per heavy atom. The van der Waals surface area contributed by atoms with Gasteiger partial charge in [0.15, 0.2) is 5.16 Å². The second kappa shape index (κ2) is 6.81. The highest BCUT2D eigenvalue weighted by molar-refractivity contribution is 7.99. The maximum absolute atomic E-state index is 11.5. The van der Waals surface area contributed by atoms with Crippen molar-refractivity contribution in [3.63, 3.8) is 0 Å². The zero-order valence-corrected chi connectivity index (χ0v) is 11.1. The molecule has 3 N–H and O–H groups in total. The van der Waals surface area contributed by atoms with Gasteiger partial charge in [0.05, 0.1) is 11.9 Å². The fourth-order valence-corrected chi connectivity index (χ4v) is 1.72. The summed E-state index contributed by atoms with van der Waals surface area (Å²) in [4.78, 5) is 19.4. The van der Waals surface area contributed by atoms with Gasteiger partial charge in [0.2, 0.25) is 5.91 Å². The monoisotopic (exact) mass is 265 g/mol. The Morgan fingerprint density at radius 2 is 2.44 bits per heavy atom. The van der Waals surface area contributed by atoms with Crippen molar-refractivity contribution in [2.45, 2.75) is 31.5 Å². The number of nitrogens with zero attached hydrogens (tertiary/aromatic N) is 3. The number of carbonyl (C=O) groups excluding carboxylic acids is 1. The van der Waals surface area contributed by atoms with E-state index in [-0.39, 0.29) is 29.1 Å². The molecule has 0 aliphatic heterocycles. The molecule has 0 saturated heterocycles. The molecule has 6 nitrogen and oxygen atoms in total. The second-order valence-corrected chi connectivity index (χ2v) is 4.67. The summed E-state index contributed by atoms with van der Waals surface area (Å²) < 4.78 is 0. The SMILES string of the molecule is CC[C@@H](C)NC(=O)CSc1ncc(C#N)c(N)n1. The van der Waals surface area contributed by atoms with Crippen molar-refractivity contribution in [3.05, 3.63) is 11.8 Å². The van der Waals surface area contributed by atoms with Gasteiger partial charge in [-0.2, -0.15) is 5.26 Å². The molecule has 7 heteroatoms. The number of nitriles is 1. The molecule has 18 heavy (non-hydrogen) atoms. The molecule has 1 aromatic heterocycles. The van der Waals surface area contributed by atoms with Crippen molar-refractivity contribution in [3.8, 4) is 6.07 Å². The third kappa shape index (κ3) is 4.22. The van der Waals surface area contributed by atoms with E-state index in [1.54, 1.807) is 0 Å². The number of carbonyl (C=O) groups is 1. The molecule has 1 heterocycles. The van der Waals surface area contributed by atoms with E-state index < -0.39 is 0 Å². The lowest BCUT2D eigenvalue weighted by atomic mass is 10.3. The Hall–Kier alpha value is -1.81. The van der Waals surface area contributed by atoms with Crippen LogP contribution >= 0.6 is 11.8 Å². The first kappa shape index (κ1) is 14.3. The molecule has 0 bridgehead atoms. The minimum absolute atomic E-state index is 0.0686. The Labute approximate surface area is 110 Å². The van der Waals surface area contributed by atoms with Gasteiger partial charge in [0, 0.05) is 6.04 Å². The predicted molar refractivity (Wildman–Crippen MR) is 69.8 cm³/mol. The van der Waals surface area contributed by atoms with E-state index in [0.29, 0.717) is 5.16 Å². The molecule has 0 spiro atoms. The first-order chi connectivity index (χ1) is 8.56. The Kier molecular flexibility index (Phi) is 5.39. The summed E-state index contributed by atoms with van der Waals surface area (Å²) in [6, 6.07) is 2.04. The number of nitrogen functional groups attached to an aromatic ring is 1. The van der Waals surface area contributed by atoms with Gasteiger partial charge in [0.1, 0.15) is 17.5 Å². The van der Waals surface area contributed by atoms with Gasteiger partial charge in [-0.3, -0.25) is 4.79 Å². The number of nitrogens with one attached hydrogen (secondary N) is 1. The van der Waals surface area contributed by atoms with Crippen LogP contribution in [0.1, 0.15) is 25.8 Å². The van der Waals surface area contributed by atoms with Crippen LogP contribution in [0.4, 0.5) is 5.82 Å². The number of thioether (sulfide) groups is 1. The van der Waals surface area contributed by atoms with Crippen molar-refractivity contribution in [2.75, 3.05) is 11.5 Å². The summed E-state index contributed by atoms with van der Waals surface area (Å²) >= 11 is 1.19. The third-order valence-electron chi connectivity index (χ3n) is 2.27. The van der Waals surface area contributed by atoms with Crippen molar-refractivity contribution in [1.82, 2.24) is 15.3 Å². The van der Waals surface area contributed by atoms with Gasteiger partial charge < -0.3 is 11.1 Å². The van der Waals surface area contributed by atoms with Crippen LogP contribution in [0.15, 0.2) is 11.4 Å². The van der Waals surface area contributed by atoms with Crippen molar-refractivity contribution < 1.29 is 4.79 Å². The first-order valence-corrected chi connectivity index (χ1v) is 6.50. The van der Waals surface area contributed by atoms with Gasteiger partial charge in [-0.1, -0.05) is 18.7 Å². The number of amides is 1. The lowest BCUT2D eigenvalue weighted by Gasteiger charge is -2.10. The van der Waals surface area contributed by atoms with Crippen molar-refractivity contribution in [1.29, 1.82) is 5.26 Å². The van der Waals surface area contributed by atoms with Crippen LogP contribution in [-0.4, -0.2) is 27.7 Å². The zero-order valence-electron chi connectivity index (χ0n) is 10.3. The second-order valence-electron chi connectivity index (χ2n) is 3.73. The molecule has 1 amide bonds. The van der Waals surface area contributed by atoms with Gasteiger partial charge in [0.25, 0.3) is 0 Å². The Bertz CT molecular complexity index is 471. The summed E-state index contributed by atoms with van der Waals surface area (Å²) in [5.74, 6) is 0.300. The normalized spacial score (nSPS) is 11.6. The maximum atomic E-state index is 11.5. The number of rotatable bonds is 5. The highest BCUT2D eigenvalue weighted by Crippen LogP contribution is 2.15.